The third-order valence-electron chi connectivity index (χ3n) is 3.76. The van der Waals surface area contributed by atoms with Crippen molar-refractivity contribution >= 4 is 5.69 Å². The van der Waals surface area contributed by atoms with Crippen LogP contribution in [0.1, 0.15) is 39.2 Å². The number of likely N-dealkylation sites (N-methyl/N-ethyl adjacent to an activating group) is 1. The SMILES string of the molecule is CN(CC1CCCO1)c1c(F)cccc1CNC(C)(C)C. The third kappa shape index (κ3) is 4.68. The minimum absolute atomic E-state index is 0.0106. The first kappa shape index (κ1) is 16.2. The van der Waals surface area contributed by atoms with Gasteiger partial charge in [-0.1, -0.05) is 12.1 Å². The average Bonchev–Trinajstić information content (AvgIpc) is 2.88. The Bertz CT molecular complexity index is 464. The van der Waals surface area contributed by atoms with E-state index >= 15 is 0 Å². The molecule has 1 heterocycles. The molecule has 1 saturated heterocycles. The van der Waals surface area contributed by atoms with Gasteiger partial charge >= 0.3 is 0 Å². The zero-order valence-electron chi connectivity index (χ0n) is 13.6. The lowest BCUT2D eigenvalue weighted by Gasteiger charge is -2.27. The van der Waals surface area contributed by atoms with Crippen LogP contribution in [0.4, 0.5) is 10.1 Å². The Labute approximate surface area is 127 Å². The third-order valence-corrected chi connectivity index (χ3v) is 3.76. The molecule has 118 valence electrons. The summed E-state index contributed by atoms with van der Waals surface area (Å²) in [6.45, 7) is 8.57. The molecule has 1 atom stereocenters. The smallest absolute Gasteiger partial charge is 0.146 e. The summed E-state index contributed by atoms with van der Waals surface area (Å²) < 4.78 is 19.9. The van der Waals surface area contributed by atoms with Crippen LogP contribution in [0, 0.1) is 5.82 Å². The maximum Gasteiger partial charge on any atom is 0.146 e. The normalized spacial score (nSPS) is 19.0. The van der Waals surface area contributed by atoms with Crippen LogP contribution < -0.4 is 10.2 Å². The highest BCUT2D eigenvalue weighted by atomic mass is 19.1. The monoisotopic (exact) mass is 294 g/mol. The molecule has 0 amide bonds. The van der Waals surface area contributed by atoms with Gasteiger partial charge < -0.3 is 15.0 Å². The largest absolute Gasteiger partial charge is 0.376 e. The summed E-state index contributed by atoms with van der Waals surface area (Å²) in [6, 6.07) is 5.30. The van der Waals surface area contributed by atoms with Gasteiger partial charge in [-0.2, -0.15) is 0 Å². The molecule has 0 saturated carbocycles. The minimum atomic E-state index is -0.163. The van der Waals surface area contributed by atoms with Gasteiger partial charge in [-0.15, -0.1) is 0 Å². The highest BCUT2D eigenvalue weighted by Crippen LogP contribution is 2.25. The van der Waals surface area contributed by atoms with Gasteiger partial charge in [-0.3, -0.25) is 0 Å². The molecule has 3 nitrogen and oxygen atoms in total. The minimum Gasteiger partial charge on any atom is -0.376 e. The van der Waals surface area contributed by atoms with Gasteiger partial charge in [0.15, 0.2) is 0 Å². The number of ether oxygens (including phenoxy) is 1. The highest BCUT2D eigenvalue weighted by molar-refractivity contribution is 5.54. The summed E-state index contributed by atoms with van der Waals surface area (Å²) in [5.41, 5.74) is 1.69. The summed E-state index contributed by atoms with van der Waals surface area (Å²) in [5.74, 6) is -0.163. The second-order valence-corrected chi connectivity index (χ2v) is 6.87. The summed E-state index contributed by atoms with van der Waals surface area (Å²) in [6.07, 6.45) is 2.39. The lowest BCUT2D eigenvalue weighted by molar-refractivity contribution is 0.116. The number of nitrogens with zero attached hydrogens (tertiary/aromatic N) is 1. The Kier molecular flexibility index (Phi) is 5.22. The van der Waals surface area contributed by atoms with Crippen molar-refractivity contribution in [3.63, 3.8) is 0 Å². The molecule has 0 bridgehead atoms. The van der Waals surface area contributed by atoms with Crippen molar-refractivity contribution < 1.29 is 9.13 Å². The summed E-state index contributed by atoms with van der Waals surface area (Å²) in [5, 5.41) is 3.43. The van der Waals surface area contributed by atoms with Crippen molar-refractivity contribution in [2.24, 2.45) is 0 Å². The molecule has 21 heavy (non-hydrogen) atoms. The molecule has 1 aliphatic heterocycles. The maximum absolute atomic E-state index is 14.3. The highest BCUT2D eigenvalue weighted by Gasteiger charge is 2.21. The Balaban J connectivity index is 2.12. The van der Waals surface area contributed by atoms with Crippen molar-refractivity contribution in [2.45, 2.75) is 51.8 Å². The van der Waals surface area contributed by atoms with Crippen LogP contribution >= 0.6 is 0 Å². The molecule has 0 spiro atoms. The van der Waals surface area contributed by atoms with Gasteiger partial charge in [0.05, 0.1) is 11.8 Å². The van der Waals surface area contributed by atoms with Crippen LogP contribution in [0.3, 0.4) is 0 Å². The molecule has 1 unspecified atom stereocenters. The molecule has 1 aromatic carbocycles. The molecular weight excluding hydrogens is 267 g/mol. The van der Waals surface area contributed by atoms with E-state index in [0.29, 0.717) is 12.2 Å². The topological polar surface area (TPSA) is 24.5 Å². The van der Waals surface area contributed by atoms with E-state index in [1.165, 1.54) is 6.07 Å². The van der Waals surface area contributed by atoms with E-state index in [4.69, 9.17) is 4.74 Å². The van der Waals surface area contributed by atoms with E-state index < -0.39 is 0 Å². The molecule has 1 N–H and O–H groups in total. The van der Waals surface area contributed by atoms with E-state index in [2.05, 4.69) is 26.1 Å². The van der Waals surface area contributed by atoms with Crippen molar-refractivity contribution in [2.75, 3.05) is 25.1 Å². The summed E-state index contributed by atoms with van der Waals surface area (Å²) in [7, 11) is 1.95. The molecule has 1 fully saturated rings. The lowest BCUT2D eigenvalue weighted by atomic mass is 10.1. The second kappa shape index (κ2) is 6.75. The number of rotatable bonds is 5. The molecule has 1 aromatic rings. The van der Waals surface area contributed by atoms with E-state index in [1.54, 1.807) is 6.07 Å². The van der Waals surface area contributed by atoms with E-state index in [9.17, 15) is 4.39 Å². The van der Waals surface area contributed by atoms with E-state index in [-0.39, 0.29) is 17.5 Å². The Hall–Kier alpha value is -1.13. The molecule has 2 rings (SSSR count). The molecule has 1 aliphatic rings. The quantitative estimate of drug-likeness (QED) is 0.901. The van der Waals surface area contributed by atoms with E-state index in [1.807, 2.05) is 18.0 Å². The fourth-order valence-electron chi connectivity index (χ4n) is 2.68. The Morgan fingerprint density at radius 2 is 2.14 bits per heavy atom. The number of benzene rings is 1. The van der Waals surface area contributed by atoms with Crippen LogP contribution in [0.2, 0.25) is 0 Å². The second-order valence-electron chi connectivity index (χ2n) is 6.87. The van der Waals surface area contributed by atoms with Gasteiger partial charge in [0.2, 0.25) is 0 Å². The number of anilines is 1. The molecule has 0 radical (unpaired) electrons. The predicted molar refractivity (Wildman–Crippen MR) is 85.2 cm³/mol. The van der Waals surface area contributed by atoms with Crippen LogP contribution in [0.5, 0.6) is 0 Å². The van der Waals surface area contributed by atoms with Crippen LogP contribution in [-0.2, 0) is 11.3 Å². The van der Waals surface area contributed by atoms with E-state index in [0.717, 1.165) is 31.6 Å². The first-order chi connectivity index (χ1) is 9.87. The lowest BCUT2D eigenvalue weighted by Crippen LogP contribution is -2.36. The number of nitrogens with one attached hydrogen (secondary N) is 1. The van der Waals surface area contributed by atoms with Gasteiger partial charge in [0, 0.05) is 32.3 Å². The summed E-state index contributed by atoms with van der Waals surface area (Å²) >= 11 is 0. The van der Waals surface area contributed by atoms with Crippen molar-refractivity contribution in [1.29, 1.82) is 0 Å². The number of hydrogen-bond donors (Lipinski definition) is 1. The van der Waals surface area contributed by atoms with Crippen LogP contribution in [-0.4, -0.2) is 31.8 Å². The molecular formula is C17H27FN2O. The maximum atomic E-state index is 14.3. The average molecular weight is 294 g/mol. The van der Waals surface area contributed by atoms with Gasteiger partial charge in [0.25, 0.3) is 0 Å². The van der Waals surface area contributed by atoms with Crippen LogP contribution in [0.15, 0.2) is 18.2 Å². The number of hydrogen-bond acceptors (Lipinski definition) is 3. The standard InChI is InChI=1S/C17H27FN2O/c1-17(2,3)19-11-13-7-5-9-15(18)16(13)20(4)12-14-8-6-10-21-14/h5,7,9,14,19H,6,8,10-12H2,1-4H3. The fraction of sp³-hybridized carbons (Fsp3) is 0.647. The van der Waals surface area contributed by atoms with Crippen molar-refractivity contribution in [3.8, 4) is 0 Å². The van der Waals surface area contributed by atoms with Gasteiger partial charge in [-0.05, 0) is 45.2 Å². The van der Waals surface area contributed by atoms with Gasteiger partial charge in [0.1, 0.15) is 5.82 Å². The zero-order valence-corrected chi connectivity index (χ0v) is 13.6. The molecule has 0 aromatic heterocycles. The number of para-hydroxylation sites is 1. The zero-order chi connectivity index (χ0) is 15.5. The molecule has 0 aliphatic carbocycles. The first-order valence-electron chi connectivity index (χ1n) is 7.72. The van der Waals surface area contributed by atoms with Gasteiger partial charge in [-0.25, -0.2) is 4.39 Å². The van der Waals surface area contributed by atoms with Crippen molar-refractivity contribution in [1.82, 2.24) is 5.32 Å². The molecule has 4 heteroatoms. The Morgan fingerprint density at radius 1 is 1.38 bits per heavy atom. The first-order valence-corrected chi connectivity index (χ1v) is 7.72. The predicted octanol–water partition coefficient (Wildman–Crippen LogP) is 3.33. The fourth-order valence-corrected chi connectivity index (χ4v) is 2.68. The summed E-state index contributed by atoms with van der Waals surface area (Å²) in [4.78, 5) is 1.99. The van der Waals surface area contributed by atoms with Crippen LogP contribution in [0.25, 0.3) is 0 Å². The Morgan fingerprint density at radius 3 is 2.76 bits per heavy atom. The number of halogens is 1. The van der Waals surface area contributed by atoms with Crippen molar-refractivity contribution in [3.05, 3.63) is 29.6 Å².